The van der Waals surface area contributed by atoms with Crippen molar-refractivity contribution in [1.29, 1.82) is 0 Å². The van der Waals surface area contributed by atoms with Crippen LogP contribution in [0, 0.1) is 17.3 Å². The summed E-state index contributed by atoms with van der Waals surface area (Å²) in [4.78, 5) is 24.1. The maximum atomic E-state index is 12.5. The summed E-state index contributed by atoms with van der Waals surface area (Å²) in [6.07, 6.45) is 1.90. The van der Waals surface area contributed by atoms with Gasteiger partial charge in [0.2, 0.25) is 0 Å². The zero-order valence-electron chi connectivity index (χ0n) is 16.4. The van der Waals surface area contributed by atoms with Gasteiger partial charge in [0.1, 0.15) is 12.4 Å². The van der Waals surface area contributed by atoms with E-state index >= 15 is 0 Å². The van der Waals surface area contributed by atoms with E-state index in [1.807, 2.05) is 58.0 Å². The lowest BCUT2D eigenvalue weighted by Crippen LogP contribution is -2.11. The van der Waals surface area contributed by atoms with Crippen LogP contribution in [0.4, 0.5) is 0 Å². The van der Waals surface area contributed by atoms with Crippen LogP contribution in [0.1, 0.15) is 40.2 Å². The van der Waals surface area contributed by atoms with Crippen LogP contribution in [-0.2, 0) is 25.7 Å². The molecule has 0 heterocycles. The Balaban J connectivity index is 1.97. The van der Waals surface area contributed by atoms with Crippen molar-refractivity contribution in [1.82, 2.24) is 0 Å². The van der Waals surface area contributed by atoms with Gasteiger partial charge in [-0.1, -0.05) is 32.1 Å². The van der Waals surface area contributed by atoms with Gasteiger partial charge in [-0.15, -0.1) is 0 Å². The Kier molecular flexibility index (Phi) is 6.11. The molecule has 1 aliphatic rings. The van der Waals surface area contributed by atoms with Crippen molar-refractivity contribution in [3.63, 3.8) is 0 Å². The van der Waals surface area contributed by atoms with Gasteiger partial charge in [0, 0.05) is 5.57 Å². The molecular formula is C21H28O5. The van der Waals surface area contributed by atoms with Crippen molar-refractivity contribution in [3.8, 4) is 5.75 Å². The third-order valence-corrected chi connectivity index (χ3v) is 4.75. The number of benzene rings is 1. The van der Waals surface area contributed by atoms with E-state index in [9.17, 15) is 9.59 Å². The van der Waals surface area contributed by atoms with Crippen molar-refractivity contribution in [2.75, 3.05) is 7.11 Å². The average molecular weight is 360 g/mol. The highest BCUT2D eigenvalue weighted by atomic mass is 16.5. The van der Waals surface area contributed by atoms with Crippen molar-refractivity contribution in [3.05, 3.63) is 41.5 Å². The summed E-state index contributed by atoms with van der Waals surface area (Å²) in [5.41, 5.74) is 1.17. The Morgan fingerprint density at radius 1 is 1.27 bits per heavy atom. The van der Waals surface area contributed by atoms with Crippen LogP contribution in [0.5, 0.6) is 5.75 Å². The second-order valence-electron chi connectivity index (χ2n) is 7.59. The minimum atomic E-state index is -0.373. The highest BCUT2D eigenvalue weighted by Gasteiger charge is 2.61. The Morgan fingerprint density at radius 3 is 2.58 bits per heavy atom. The number of methoxy groups -OCH3 is 1. The van der Waals surface area contributed by atoms with E-state index in [2.05, 4.69) is 0 Å². The maximum Gasteiger partial charge on any atom is 0.333 e. The number of hydrogen-bond donors (Lipinski definition) is 0. The number of hydrogen-bond acceptors (Lipinski definition) is 5. The van der Waals surface area contributed by atoms with Crippen LogP contribution in [0.3, 0.4) is 0 Å². The molecule has 0 N–H and O–H groups in total. The Labute approximate surface area is 155 Å². The molecule has 0 aromatic heterocycles. The first-order valence-electron chi connectivity index (χ1n) is 8.85. The highest BCUT2D eigenvalue weighted by Crippen LogP contribution is 2.59. The molecule has 0 amide bonds. The molecule has 5 heteroatoms. The molecule has 0 bridgehead atoms. The molecule has 1 aromatic rings. The molecule has 1 unspecified atom stereocenters. The van der Waals surface area contributed by atoms with Crippen LogP contribution in [0.15, 0.2) is 35.9 Å². The molecule has 5 nitrogen and oxygen atoms in total. The predicted molar refractivity (Wildman–Crippen MR) is 98.5 cm³/mol. The number of esters is 2. The molecular weight excluding hydrogens is 332 g/mol. The molecule has 142 valence electrons. The summed E-state index contributed by atoms with van der Waals surface area (Å²) in [6, 6.07) is 7.54. The van der Waals surface area contributed by atoms with Gasteiger partial charge in [0.15, 0.2) is 0 Å². The average Bonchev–Trinajstić information content (AvgIpc) is 3.11. The second kappa shape index (κ2) is 7.94. The van der Waals surface area contributed by atoms with Crippen molar-refractivity contribution < 1.29 is 23.8 Å². The van der Waals surface area contributed by atoms with Gasteiger partial charge in [-0.2, -0.15) is 0 Å². The van der Waals surface area contributed by atoms with Crippen LogP contribution in [0.2, 0.25) is 0 Å². The fourth-order valence-corrected chi connectivity index (χ4v) is 3.16. The smallest absolute Gasteiger partial charge is 0.333 e. The quantitative estimate of drug-likeness (QED) is 0.545. The molecule has 1 saturated carbocycles. The largest absolute Gasteiger partial charge is 0.491 e. The Morgan fingerprint density at radius 2 is 1.96 bits per heavy atom. The van der Waals surface area contributed by atoms with E-state index < -0.39 is 0 Å². The molecule has 0 aliphatic heterocycles. The number of carbonyl (C=O) groups excluding carboxylic acids is 2. The minimum absolute atomic E-state index is 0.0234. The van der Waals surface area contributed by atoms with E-state index in [-0.39, 0.29) is 41.9 Å². The number of carbonyl (C=O) groups is 2. The number of ether oxygens (including phenoxy) is 3. The summed E-state index contributed by atoms with van der Waals surface area (Å²) >= 11 is 0. The molecule has 2 rings (SSSR count). The summed E-state index contributed by atoms with van der Waals surface area (Å²) in [6.45, 7) is 9.83. The van der Waals surface area contributed by atoms with Crippen molar-refractivity contribution >= 4 is 11.9 Å². The molecule has 1 fully saturated rings. The van der Waals surface area contributed by atoms with Crippen LogP contribution < -0.4 is 4.74 Å². The van der Waals surface area contributed by atoms with E-state index in [4.69, 9.17) is 14.2 Å². The van der Waals surface area contributed by atoms with E-state index in [1.54, 1.807) is 6.92 Å². The maximum absolute atomic E-state index is 12.5. The normalized spacial score (nSPS) is 21.3. The topological polar surface area (TPSA) is 61.8 Å². The zero-order valence-corrected chi connectivity index (χ0v) is 16.4. The van der Waals surface area contributed by atoms with Crippen molar-refractivity contribution in [2.24, 2.45) is 17.3 Å². The third-order valence-electron chi connectivity index (χ3n) is 4.75. The number of allylic oxidation sites excluding steroid dienone is 1. The molecule has 1 aliphatic carbocycles. The predicted octanol–water partition coefficient (Wildman–Crippen LogP) is 3.91. The molecule has 26 heavy (non-hydrogen) atoms. The van der Waals surface area contributed by atoms with Crippen LogP contribution in [0.25, 0.3) is 0 Å². The SMILES string of the molecule is COC(=O)/C(C)=C/C1[C@@H](C(=O)OCc2cccc(OC(C)C)c2)C1(C)C. The number of rotatable bonds is 7. The van der Waals surface area contributed by atoms with Crippen molar-refractivity contribution in [2.45, 2.75) is 47.3 Å². The first-order valence-corrected chi connectivity index (χ1v) is 8.85. The molecule has 0 radical (unpaired) electrons. The highest BCUT2D eigenvalue weighted by molar-refractivity contribution is 5.88. The second-order valence-corrected chi connectivity index (χ2v) is 7.59. The lowest BCUT2D eigenvalue weighted by molar-refractivity contribution is -0.147. The summed E-state index contributed by atoms with van der Waals surface area (Å²) in [7, 11) is 1.35. The molecule has 0 spiro atoms. The summed E-state index contributed by atoms with van der Waals surface area (Å²) in [5, 5.41) is 0. The van der Waals surface area contributed by atoms with E-state index in [0.717, 1.165) is 11.3 Å². The van der Waals surface area contributed by atoms with Gasteiger partial charge < -0.3 is 14.2 Å². The van der Waals surface area contributed by atoms with Gasteiger partial charge in [-0.25, -0.2) is 4.79 Å². The van der Waals surface area contributed by atoms with Gasteiger partial charge in [-0.3, -0.25) is 4.79 Å². The first kappa shape index (κ1) is 20.0. The Bertz CT molecular complexity index is 702. The summed E-state index contributed by atoms with van der Waals surface area (Å²) < 4.78 is 15.9. The fourth-order valence-electron chi connectivity index (χ4n) is 3.16. The summed E-state index contributed by atoms with van der Waals surface area (Å²) in [5.74, 6) is -0.136. The molecule has 2 atom stereocenters. The van der Waals surface area contributed by atoms with Gasteiger partial charge in [0.25, 0.3) is 0 Å². The fraction of sp³-hybridized carbons (Fsp3) is 0.524. The lowest BCUT2D eigenvalue weighted by atomic mass is 10.1. The van der Waals surface area contributed by atoms with E-state index in [0.29, 0.717) is 5.57 Å². The lowest BCUT2D eigenvalue weighted by Gasteiger charge is -2.11. The third kappa shape index (κ3) is 4.65. The standard InChI is InChI=1S/C21H28O5/c1-13(2)26-16-9-7-8-15(11-16)12-25-20(23)18-17(21(18,4)5)10-14(3)19(22)24-6/h7-11,13,17-18H,12H2,1-6H3/b14-10+/t17?,18-/m0/s1. The van der Waals surface area contributed by atoms with E-state index in [1.165, 1.54) is 7.11 Å². The Hall–Kier alpha value is -2.30. The monoisotopic (exact) mass is 360 g/mol. The minimum Gasteiger partial charge on any atom is -0.491 e. The zero-order chi connectivity index (χ0) is 19.5. The van der Waals surface area contributed by atoms with Crippen LogP contribution >= 0.6 is 0 Å². The molecule has 0 saturated heterocycles. The van der Waals surface area contributed by atoms with Crippen LogP contribution in [-0.4, -0.2) is 25.2 Å². The molecule has 1 aromatic carbocycles. The first-order chi connectivity index (χ1) is 12.2. The van der Waals surface area contributed by atoms with Gasteiger partial charge in [0.05, 0.1) is 19.1 Å². The van der Waals surface area contributed by atoms with Gasteiger partial charge >= 0.3 is 11.9 Å². The van der Waals surface area contributed by atoms with Gasteiger partial charge in [-0.05, 0) is 49.8 Å².